The lowest BCUT2D eigenvalue weighted by molar-refractivity contribution is 0.731. The van der Waals surface area contributed by atoms with Gasteiger partial charge in [-0.2, -0.15) is 11.8 Å². The van der Waals surface area contributed by atoms with Crippen molar-refractivity contribution in [3.05, 3.63) is 10.6 Å². The van der Waals surface area contributed by atoms with Crippen molar-refractivity contribution >= 4 is 28.2 Å². The molecule has 1 aromatic heterocycles. The third kappa shape index (κ3) is 3.96. The molecule has 0 radical (unpaired) electrons. The molecule has 1 heterocycles. The fourth-order valence-electron chi connectivity index (χ4n) is 1.30. The predicted molar refractivity (Wildman–Crippen MR) is 75.9 cm³/mol. The van der Waals surface area contributed by atoms with E-state index in [0.29, 0.717) is 0 Å². The summed E-state index contributed by atoms with van der Waals surface area (Å²) >= 11 is 3.67. The maximum absolute atomic E-state index is 4.61. The number of thiazole rings is 1. The predicted octanol–water partition coefficient (Wildman–Crippen LogP) is 2.36. The van der Waals surface area contributed by atoms with Gasteiger partial charge in [-0.25, -0.2) is 4.98 Å². The van der Waals surface area contributed by atoms with Gasteiger partial charge in [-0.15, -0.1) is 11.3 Å². The lowest BCUT2D eigenvalue weighted by Crippen LogP contribution is -2.19. The molecule has 0 spiro atoms. The van der Waals surface area contributed by atoms with Crippen molar-refractivity contribution < 1.29 is 0 Å². The summed E-state index contributed by atoms with van der Waals surface area (Å²) in [4.78, 5) is 8.21. The van der Waals surface area contributed by atoms with Gasteiger partial charge in [0.25, 0.3) is 0 Å². The fourth-order valence-corrected chi connectivity index (χ4v) is 2.78. The summed E-state index contributed by atoms with van der Waals surface area (Å²) in [6, 6.07) is 0. The molecule has 0 aliphatic heterocycles. The summed E-state index contributed by atoms with van der Waals surface area (Å²) in [5.41, 5.74) is 1.16. The van der Waals surface area contributed by atoms with Crippen molar-refractivity contribution in [2.75, 3.05) is 37.0 Å². The van der Waals surface area contributed by atoms with E-state index >= 15 is 0 Å². The Morgan fingerprint density at radius 2 is 2.25 bits per heavy atom. The second-order valence-electron chi connectivity index (χ2n) is 3.70. The van der Waals surface area contributed by atoms with E-state index < -0.39 is 0 Å². The van der Waals surface area contributed by atoms with Gasteiger partial charge in [0.1, 0.15) is 0 Å². The van der Waals surface area contributed by atoms with Gasteiger partial charge < -0.3 is 10.2 Å². The highest BCUT2D eigenvalue weighted by Gasteiger charge is 2.10. The number of nitrogens with zero attached hydrogens (tertiary/aromatic N) is 2. The van der Waals surface area contributed by atoms with Crippen molar-refractivity contribution in [3.63, 3.8) is 0 Å². The van der Waals surface area contributed by atoms with Crippen molar-refractivity contribution in [3.8, 4) is 0 Å². The molecule has 16 heavy (non-hydrogen) atoms. The first-order valence-electron chi connectivity index (χ1n) is 5.56. The number of aromatic nitrogens is 1. The van der Waals surface area contributed by atoms with Crippen LogP contribution in [0.2, 0.25) is 0 Å². The number of anilines is 1. The maximum atomic E-state index is 4.61. The highest BCUT2D eigenvalue weighted by Crippen LogP contribution is 2.25. The Morgan fingerprint density at radius 1 is 1.50 bits per heavy atom. The third-order valence-electron chi connectivity index (χ3n) is 2.37. The average molecular weight is 259 g/mol. The molecule has 0 amide bonds. The third-order valence-corrected chi connectivity index (χ3v) is 4.24. The summed E-state index contributed by atoms with van der Waals surface area (Å²) < 4.78 is 0. The Balaban J connectivity index is 2.60. The molecule has 1 N–H and O–H groups in total. The molecular formula is C11H21N3S2. The van der Waals surface area contributed by atoms with Gasteiger partial charge in [0.15, 0.2) is 5.13 Å². The molecule has 5 heteroatoms. The lowest BCUT2D eigenvalue weighted by atomic mass is 10.4. The number of hydrogen-bond donors (Lipinski definition) is 1. The molecule has 0 saturated carbocycles. The Kier molecular flexibility index (Phi) is 6.16. The molecule has 3 nitrogen and oxygen atoms in total. The first kappa shape index (κ1) is 13.8. The van der Waals surface area contributed by atoms with E-state index in [1.807, 2.05) is 11.8 Å². The summed E-state index contributed by atoms with van der Waals surface area (Å²) in [5, 5.41) is 4.49. The molecule has 0 fully saturated rings. The summed E-state index contributed by atoms with van der Waals surface area (Å²) in [5.74, 6) is 1.15. The second kappa shape index (κ2) is 7.14. The minimum absolute atomic E-state index is 0.941. The normalized spacial score (nSPS) is 10.8. The molecule has 1 aromatic rings. The smallest absolute Gasteiger partial charge is 0.185 e. The quantitative estimate of drug-likeness (QED) is 0.814. The minimum atomic E-state index is 0.941. The zero-order valence-corrected chi connectivity index (χ0v) is 12.2. The highest BCUT2D eigenvalue weighted by molar-refractivity contribution is 7.98. The van der Waals surface area contributed by atoms with Crippen molar-refractivity contribution in [1.82, 2.24) is 10.3 Å². The van der Waals surface area contributed by atoms with Gasteiger partial charge in [0, 0.05) is 30.8 Å². The molecule has 0 bridgehead atoms. The summed E-state index contributed by atoms with van der Waals surface area (Å²) in [6.45, 7) is 7.23. The van der Waals surface area contributed by atoms with Crippen LogP contribution in [0.4, 0.5) is 5.13 Å². The Morgan fingerprint density at radius 3 is 2.88 bits per heavy atom. The zero-order chi connectivity index (χ0) is 12.0. The SMILES string of the molecule is CCNCc1sc(N(C)CCSC)nc1C. The maximum Gasteiger partial charge on any atom is 0.185 e. The van der Waals surface area contributed by atoms with E-state index in [-0.39, 0.29) is 0 Å². The van der Waals surface area contributed by atoms with Crippen LogP contribution in [0.15, 0.2) is 0 Å². The molecule has 0 saturated heterocycles. The van der Waals surface area contributed by atoms with Crippen molar-refractivity contribution in [2.45, 2.75) is 20.4 Å². The van der Waals surface area contributed by atoms with Gasteiger partial charge in [0.05, 0.1) is 5.69 Å². The van der Waals surface area contributed by atoms with Gasteiger partial charge in [-0.05, 0) is 19.7 Å². The number of hydrogen-bond acceptors (Lipinski definition) is 5. The monoisotopic (exact) mass is 259 g/mol. The zero-order valence-electron chi connectivity index (χ0n) is 10.5. The van der Waals surface area contributed by atoms with E-state index in [1.54, 1.807) is 11.3 Å². The first-order chi connectivity index (χ1) is 7.69. The molecule has 92 valence electrons. The van der Waals surface area contributed by atoms with Crippen molar-refractivity contribution in [2.24, 2.45) is 0 Å². The summed E-state index contributed by atoms with van der Waals surface area (Å²) in [7, 11) is 2.12. The average Bonchev–Trinajstić information content (AvgIpc) is 2.65. The van der Waals surface area contributed by atoms with Crippen LogP contribution in [0, 0.1) is 6.92 Å². The van der Waals surface area contributed by atoms with Gasteiger partial charge in [-0.1, -0.05) is 6.92 Å². The Bertz CT molecular complexity index is 312. The number of rotatable bonds is 7. The number of thioether (sulfide) groups is 1. The minimum Gasteiger partial charge on any atom is -0.350 e. The fraction of sp³-hybridized carbons (Fsp3) is 0.727. The van der Waals surface area contributed by atoms with Crippen LogP contribution in [-0.4, -0.2) is 37.1 Å². The highest BCUT2D eigenvalue weighted by atomic mass is 32.2. The second-order valence-corrected chi connectivity index (χ2v) is 5.75. The van der Waals surface area contributed by atoms with E-state index in [0.717, 1.165) is 36.2 Å². The van der Waals surface area contributed by atoms with Gasteiger partial charge in [-0.3, -0.25) is 0 Å². The molecule has 0 unspecified atom stereocenters. The Labute approximate surface area is 107 Å². The number of nitrogens with one attached hydrogen (secondary N) is 1. The molecule has 0 atom stereocenters. The van der Waals surface area contributed by atoms with Crippen LogP contribution in [-0.2, 0) is 6.54 Å². The summed E-state index contributed by atoms with van der Waals surface area (Å²) in [6.07, 6.45) is 2.14. The van der Waals surface area contributed by atoms with Crippen LogP contribution in [0.25, 0.3) is 0 Å². The topological polar surface area (TPSA) is 28.2 Å². The molecule has 0 aromatic carbocycles. The van der Waals surface area contributed by atoms with Crippen LogP contribution in [0.3, 0.4) is 0 Å². The van der Waals surface area contributed by atoms with Gasteiger partial charge >= 0.3 is 0 Å². The van der Waals surface area contributed by atoms with Crippen molar-refractivity contribution in [1.29, 1.82) is 0 Å². The van der Waals surface area contributed by atoms with Crippen LogP contribution in [0.1, 0.15) is 17.5 Å². The van der Waals surface area contributed by atoms with Gasteiger partial charge in [0.2, 0.25) is 0 Å². The number of aryl methyl sites for hydroxylation is 1. The molecule has 0 aliphatic rings. The van der Waals surface area contributed by atoms with Crippen LogP contribution in [0.5, 0.6) is 0 Å². The molecule has 0 aliphatic carbocycles. The Hall–Kier alpha value is -0.260. The van der Waals surface area contributed by atoms with E-state index in [2.05, 4.69) is 42.4 Å². The van der Waals surface area contributed by atoms with E-state index in [4.69, 9.17) is 0 Å². The largest absolute Gasteiger partial charge is 0.350 e. The van der Waals surface area contributed by atoms with Crippen LogP contribution >= 0.6 is 23.1 Å². The molecular weight excluding hydrogens is 238 g/mol. The standard InChI is InChI=1S/C11H21N3S2/c1-5-12-8-10-9(2)13-11(16-10)14(3)6-7-15-4/h12H,5-8H2,1-4H3. The molecule has 1 rings (SSSR count). The van der Waals surface area contributed by atoms with E-state index in [9.17, 15) is 0 Å². The first-order valence-corrected chi connectivity index (χ1v) is 7.77. The lowest BCUT2D eigenvalue weighted by Gasteiger charge is -2.14. The van der Waals surface area contributed by atoms with Crippen LogP contribution < -0.4 is 10.2 Å². The van der Waals surface area contributed by atoms with E-state index in [1.165, 1.54) is 4.88 Å².